The summed E-state index contributed by atoms with van der Waals surface area (Å²) in [5, 5.41) is 6.98. The Morgan fingerprint density at radius 2 is 2.47 bits per heavy atom. The smallest absolute Gasteiger partial charge is 0.221 e. The summed E-state index contributed by atoms with van der Waals surface area (Å²) in [4.78, 5) is 11.6. The first kappa shape index (κ1) is 12.1. The number of amides is 1. The minimum atomic E-state index is 0.0494. The molecule has 1 saturated carbocycles. The molecule has 1 aromatic heterocycles. The molecular weight excluding hydrogens is 216 g/mol. The summed E-state index contributed by atoms with van der Waals surface area (Å²) in [6, 6.07) is 0.0494. The Kier molecular flexibility index (Phi) is 3.78. The van der Waals surface area contributed by atoms with E-state index in [9.17, 15) is 4.79 Å². The maximum Gasteiger partial charge on any atom is 0.221 e. The van der Waals surface area contributed by atoms with Crippen LogP contribution in [0.3, 0.4) is 0 Å². The number of aromatic nitrogens is 2. The van der Waals surface area contributed by atoms with Gasteiger partial charge >= 0.3 is 0 Å². The predicted molar refractivity (Wildman–Crippen MR) is 65.2 cm³/mol. The van der Waals surface area contributed by atoms with Gasteiger partial charge in [-0.25, -0.2) is 0 Å². The summed E-state index contributed by atoms with van der Waals surface area (Å²) in [6.45, 7) is 0.655. The molecule has 1 aliphatic carbocycles. The quantitative estimate of drug-likeness (QED) is 0.741. The molecule has 1 amide bonds. The lowest BCUT2D eigenvalue weighted by atomic mass is 10.1. The van der Waals surface area contributed by atoms with Crippen LogP contribution in [0.25, 0.3) is 0 Å². The maximum absolute atomic E-state index is 11.6. The fourth-order valence-electron chi connectivity index (χ4n) is 1.92. The molecule has 2 rings (SSSR count). The van der Waals surface area contributed by atoms with Gasteiger partial charge in [-0.15, -0.1) is 0 Å². The van der Waals surface area contributed by atoms with Crippen molar-refractivity contribution < 1.29 is 4.79 Å². The van der Waals surface area contributed by atoms with E-state index in [2.05, 4.69) is 10.4 Å². The second kappa shape index (κ2) is 5.31. The Bertz CT molecular complexity index is 384. The van der Waals surface area contributed by atoms with Crippen molar-refractivity contribution in [2.45, 2.75) is 31.7 Å². The van der Waals surface area contributed by atoms with Gasteiger partial charge in [0.2, 0.25) is 5.91 Å². The van der Waals surface area contributed by atoms with Crippen molar-refractivity contribution in [1.29, 1.82) is 0 Å². The van der Waals surface area contributed by atoms with Gasteiger partial charge in [-0.2, -0.15) is 5.10 Å². The van der Waals surface area contributed by atoms with Crippen molar-refractivity contribution in [1.82, 2.24) is 15.1 Å². The van der Waals surface area contributed by atoms with Crippen molar-refractivity contribution in [3.05, 3.63) is 18.0 Å². The summed E-state index contributed by atoms with van der Waals surface area (Å²) >= 11 is 0. The molecule has 0 radical (unpaired) electrons. The number of carbonyl (C=O) groups is 1. The zero-order valence-electron chi connectivity index (χ0n) is 10.2. The normalized spacial score (nSPS) is 16.8. The number of hydrogen-bond donors (Lipinski definition) is 2. The Labute approximate surface area is 101 Å². The molecule has 0 spiro atoms. The van der Waals surface area contributed by atoms with Gasteiger partial charge in [-0.1, -0.05) is 0 Å². The third-order valence-corrected chi connectivity index (χ3v) is 3.14. The summed E-state index contributed by atoms with van der Waals surface area (Å²) in [6.07, 6.45) is 7.42. The number of rotatable bonds is 6. The molecule has 5 nitrogen and oxygen atoms in total. The second-order valence-corrected chi connectivity index (χ2v) is 4.83. The van der Waals surface area contributed by atoms with E-state index in [0.29, 0.717) is 18.9 Å². The number of carbonyl (C=O) groups excluding carboxylic acids is 1. The Balaban J connectivity index is 1.62. The lowest BCUT2D eigenvalue weighted by molar-refractivity contribution is -0.121. The number of nitrogens with one attached hydrogen (secondary N) is 1. The number of nitrogens with zero attached hydrogens (tertiary/aromatic N) is 2. The molecular formula is C12H20N4O. The molecule has 0 bridgehead atoms. The van der Waals surface area contributed by atoms with Crippen LogP contribution >= 0.6 is 0 Å². The summed E-state index contributed by atoms with van der Waals surface area (Å²) in [5.74, 6) is 0.646. The van der Waals surface area contributed by atoms with E-state index in [1.807, 2.05) is 19.4 Å². The van der Waals surface area contributed by atoms with Crippen LogP contribution in [-0.4, -0.2) is 28.3 Å². The number of aryl methyl sites for hydroxylation is 1. The second-order valence-electron chi connectivity index (χ2n) is 4.83. The van der Waals surface area contributed by atoms with E-state index < -0.39 is 0 Å². The van der Waals surface area contributed by atoms with Gasteiger partial charge < -0.3 is 11.1 Å². The van der Waals surface area contributed by atoms with E-state index in [1.54, 1.807) is 4.68 Å². The van der Waals surface area contributed by atoms with Gasteiger partial charge in [0.05, 0.1) is 6.20 Å². The van der Waals surface area contributed by atoms with E-state index in [4.69, 9.17) is 5.73 Å². The molecule has 3 N–H and O–H groups in total. The average molecular weight is 236 g/mol. The Morgan fingerprint density at radius 3 is 3.06 bits per heavy atom. The van der Waals surface area contributed by atoms with Gasteiger partial charge in [0.15, 0.2) is 0 Å². The van der Waals surface area contributed by atoms with Crippen LogP contribution in [0.1, 0.15) is 24.8 Å². The summed E-state index contributed by atoms with van der Waals surface area (Å²) in [5.41, 5.74) is 7.03. The van der Waals surface area contributed by atoms with Crippen LogP contribution in [0.2, 0.25) is 0 Å². The van der Waals surface area contributed by atoms with E-state index in [1.165, 1.54) is 12.8 Å². The first-order valence-electron chi connectivity index (χ1n) is 6.15. The SMILES string of the molecule is Cn1cc(CCNC(=O)CC(N)C2CC2)cn1. The molecule has 1 atom stereocenters. The van der Waals surface area contributed by atoms with Crippen LogP contribution < -0.4 is 11.1 Å². The van der Waals surface area contributed by atoms with Gasteiger partial charge in [0.25, 0.3) is 0 Å². The van der Waals surface area contributed by atoms with E-state index >= 15 is 0 Å². The third kappa shape index (κ3) is 3.85. The molecule has 0 saturated heterocycles. The van der Waals surface area contributed by atoms with Crippen LogP contribution in [0.4, 0.5) is 0 Å². The predicted octanol–water partition coefficient (Wildman–Crippen LogP) is 0.206. The Morgan fingerprint density at radius 1 is 1.71 bits per heavy atom. The summed E-state index contributed by atoms with van der Waals surface area (Å²) < 4.78 is 1.76. The monoisotopic (exact) mass is 236 g/mol. The molecule has 1 heterocycles. The topological polar surface area (TPSA) is 72.9 Å². The van der Waals surface area contributed by atoms with Crippen molar-refractivity contribution in [3.63, 3.8) is 0 Å². The van der Waals surface area contributed by atoms with Crippen molar-refractivity contribution in [2.24, 2.45) is 18.7 Å². The lowest BCUT2D eigenvalue weighted by Gasteiger charge is -2.09. The zero-order valence-corrected chi connectivity index (χ0v) is 10.2. The van der Waals surface area contributed by atoms with E-state index in [0.717, 1.165) is 12.0 Å². The van der Waals surface area contributed by atoms with Crippen molar-refractivity contribution >= 4 is 5.91 Å². The Hall–Kier alpha value is -1.36. The highest BCUT2D eigenvalue weighted by Gasteiger charge is 2.29. The number of nitrogens with two attached hydrogens (primary N) is 1. The number of hydrogen-bond acceptors (Lipinski definition) is 3. The highest BCUT2D eigenvalue weighted by molar-refractivity contribution is 5.76. The maximum atomic E-state index is 11.6. The molecule has 94 valence electrons. The van der Waals surface area contributed by atoms with Gasteiger partial charge in [-0.3, -0.25) is 9.48 Å². The fraction of sp³-hybridized carbons (Fsp3) is 0.667. The molecule has 1 aliphatic rings. The van der Waals surface area contributed by atoms with E-state index in [-0.39, 0.29) is 11.9 Å². The highest BCUT2D eigenvalue weighted by Crippen LogP contribution is 2.32. The molecule has 0 aromatic carbocycles. The average Bonchev–Trinajstić information content (AvgIpc) is 3.04. The molecule has 1 unspecified atom stereocenters. The zero-order chi connectivity index (χ0) is 12.3. The third-order valence-electron chi connectivity index (χ3n) is 3.14. The molecule has 17 heavy (non-hydrogen) atoms. The minimum absolute atomic E-state index is 0.0494. The largest absolute Gasteiger partial charge is 0.356 e. The van der Waals surface area contributed by atoms with Gasteiger partial charge in [0.1, 0.15) is 0 Å². The molecule has 1 aromatic rings. The lowest BCUT2D eigenvalue weighted by Crippen LogP contribution is -2.33. The van der Waals surface area contributed by atoms with Crippen LogP contribution in [-0.2, 0) is 18.3 Å². The standard InChI is InChI=1S/C12H20N4O/c1-16-8-9(7-15-16)4-5-14-12(17)6-11(13)10-2-3-10/h7-8,10-11H,2-6,13H2,1H3,(H,14,17). The first-order chi connectivity index (χ1) is 8.15. The van der Waals surface area contributed by atoms with Crippen molar-refractivity contribution in [3.8, 4) is 0 Å². The minimum Gasteiger partial charge on any atom is -0.356 e. The first-order valence-corrected chi connectivity index (χ1v) is 6.15. The fourth-order valence-corrected chi connectivity index (χ4v) is 1.92. The van der Waals surface area contributed by atoms with Gasteiger partial charge in [0, 0.05) is 32.3 Å². The molecule has 5 heteroatoms. The highest BCUT2D eigenvalue weighted by atomic mass is 16.1. The van der Waals surface area contributed by atoms with Crippen LogP contribution in [0, 0.1) is 5.92 Å². The summed E-state index contributed by atoms with van der Waals surface area (Å²) in [7, 11) is 1.89. The molecule has 1 fully saturated rings. The van der Waals surface area contributed by atoms with Crippen LogP contribution in [0.5, 0.6) is 0 Å². The van der Waals surface area contributed by atoms with Crippen molar-refractivity contribution in [2.75, 3.05) is 6.54 Å². The molecule has 0 aliphatic heterocycles. The van der Waals surface area contributed by atoms with Crippen LogP contribution in [0.15, 0.2) is 12.4 Å². The van der Waals surface area contributed by atoms with Gasteiger partial charge in [-0.05, 0) is 30.7 Å².